The highest BCUT2D eigenvalue weighted by molar-refractivity contribution is 5.71. The van der Waals surface area contributed by atoms with Crippen molar-refractivity contribution in [1.29, 1.82) is 0 Å². The van der Waals surface area contributed by atoms with Crippen molar-refractivity contribution < 1.29 is 28.6 Å². The SMILES string of the molecule is CCCCCCCCCCCCCCCCCCCCCCCCCCCCCCCCCCCC(=O)OCC(COC(=O)CCCCCCCCCCCC)OC(=O)CCCCCCCCCCCCCCCCCCCCCC. The minimum absolute atomic E-state index is 0.0605. The van der Waals surface area contributed by atoms with Gasteiger partial charge in [-0.15, -0.1) is 0 Å². The third-order valence-electron chi connectivity index (χ3n) is 17.6. The fourth-order valence-electron chi connectivity index (χ4n) is 12.0. The quantitative estimate of drug-likeness (QED) is 0.0343. The predicted molar refractivity (Wildman–Crippen MR) is 354 cm³/mol. The van der Waals surface area contributed by atoms with Gasteiger partial charge in [0.25, 0.3) is 0 Å². The van der Waals surface area contributed by atoms with Gasteiger partial charge in [-0.1, -0.05) is 406 Å². The maximum Gasteiger partial charge on any atom is 0.306 e. The van der Waals surface area contributed by atoms with E-state index in [1.54, 1.807) is 0 Å². The second kappa shape index (κ2) is 70.9. The highest BCUT2D eigenvalue weighted by Crippen LogP contribution is 2.20. The molecule has 0 aromatic carbocycles. The van der Waals surface area contributed by atoms with Crippen molar-refractivity contribution >= 4 is 17.9 Å². The van der Waals surface area contributed by atoms with Gasteiger partial charge in [-0.25, -0.2) is 0 Å². The minimum Gasteiger partial charge on any atom is -0.462 e. The third kappa shape index (κ3) is 69.1. The number of rotatable bonds is 71. The van der Waals surface area contributed by atoms with Crippen molar-refractivity contribution in [1.82, 2.24) is 0 Å². The van der Waals surface area contributed by atoms with Gasteiger partial charge in [0.15, 0.2) is 6.10 Å². The molecule has 0 aliphatic carbocycles. The third-order valence-corrected chi connectivity index (χ3v) is 17.6. The smallest absolute Gasteiger partial charge is 0.306 e. The zero-order valence-corrected chi connectivity index (χ0v) is 55.6. The van der Waals surface area contributed by atoms with Gasteiger partial charge in [-0.05, 0) is 19.3 Å². The highest BCUT2D eigenvalue weighted by atomic mass is 16.6. The first-order valence-corrected chi connectivity index (χ1v) is 37.5. The summed E-state index contributed by atoms with van der Waals surface area (Å²) in [6, 6.07) is 0. The second-order valence-electron chi connectivity index (χ2n) is 25.9. The van der Waals surface area contributed by atoms with E-state index in [1.807, 2.05) is 0 Å². The summed E-state index contributed by atoms with van der Waals surface area (Å²) in [4.78, 5) is 38.3. The molecule has 1 atom stereocenters. The van der Waals surface area contributed by atoms with E-state index in [9.17, 15) is 14.4 Å². The molecule has 482 valence electrons. The van der Waals surface area contributed by atoms with Crippen molar-refractivity contribution in [2.45, 2.75) is 451 Å². The molecule has 0 saturated heterocycles. The van der Waals surface area contributed by atoms with Crippen LogP contribution in [0.2, 0.25) is 0 Å². The molecule has 0 heterocycles. The minimum atomic E-state index is -0.763. The molecule has 0 N–H and O–H groups in total. The predicted octanol–water partition coefficient (Wildman–Crippen LogP) is 25.8. The van der Waals surface area contributed by atoms with Crippen LogP contribution in [0.4, 0.5) is 0 Å². The zero-order chi connectivity index (χ0) is 58.5. The van der Waals surface area contributed by atoms with Gasteiger partial charge in [0.1, 0.15) is 13.2 Å². The Hall–Kier alpha value is -1.59. The fourth-order valence-corrected chi connectivity index (χ4v) is 12.0. The standard InChI is InChI=1S/C75H146O6/c1-4-7-10-13-16-19-22-24-26-28-30-32-33-34-35-36-37-38-39-40-41-42-43-44-46-47-49-51-53-56-59-62-65-68-74(77)80-71-72(70-79-73(76)67-64-61-58-55-21-18-15-12-9-6-3)81-75(78)69-66-63-60-57-54-52-50-48-45-31-29-27-25-23-20-17-14-11-8-5-2/h72H,4-71H2,1-3H3. The maximum atomic E-state index is 12.9. The van der Waals surface area contributed by atoms with Crippen LogP contribution in [0.15, 0.2) is 0 Å². The van der Waals surface area contributed by atoms with Crippen LogP contribution in [-0.2, 0) is 28.6 Å². The van der Waals surface area contributed by atoms with Crippen LogP contribution in [-0.4, -0.2) is 37.2 Å². The number of esters is 3. The molecule has 81 heavy (non-hydrogen) atoms. The van der Waals surface area contributed by atoms with E-state index >= 15 is 0 Å². The molecule has 0 fully saturated rings. The summed E-state index contributed by atoms with van der Waals surface area (Å²) >= 11 is 0. The van der Waals surface area contributed by atoms with E-state index < -0.39 is 6.10 Å². The van der Waals surface area contributed by atoms with E-state index in [1.165, 1.54) is 347 Å². The van der Waals surface area contributed by atoms with Crippen LogP contribution in [0.5, 0.6) is 0 Å². The lowest BCUT2D eigenvalue weighted by Gasteiger charge is -2.18. The van der Waals surface area contributed by atoms with Crippen LogP contribution in [0.1, 0.15) is 445 Å². The molecule has 0 saturated carbocycles. The first-order chi connectivity index (χ1) is 40.0. The van der Waals surface area contributed by atoms with E-state index in [0.717, 1.165) is 57.8 Å². The van der Waals surface area contributed by atoms with Crippen LogP contribution in [0, 0.1) is 0 Å². The molecule has 0 rings (SSSR count). The highest BCUT2D eigenvalue weighted by Gasteiger charge is 2.20. The number of carbonyl (C=O) groups is 3. The van der Waals surface area contributed by atoms with Gasteiger partial charge in [0.05, 0.1) is 0 Å². The Balaban J connectivity index is 4.01. The summed E-state index contributed by atoms with van der Waals surface area (Å²) in [6.45, 7) is 6.73. The topological polar surface area (TPSA) is 78.9 Å². The Morgan fingerprint density at radius 2 is 0.333 bits per heavy atom. The van der Waals surface area contributed by atoms with E-state index in [2.05, 4.69) is 20.8 Å². The molecule has 0 aromatic heterocycles. The second-order valence-corrected chi connectivity index (χ2v) is 25.9. The van der Waals surface area contributed by atoms with Gasteiger partial charge in [0, 0.05) is 19.3 Å². The molecule has 0 aliphatic heterocycles. The van der Waals surface area contributed by atoms with Crippen LogP contribution in [0.3, 0.4) is 0 Å². The molecule has 0 aliphatic rings. The fraction of sp³-hybridized carbons (Fsp3) is 0.960. The Morgan fingerprint density at radius 1 is 0.198 bits per heavy atom. The summed E-state index contributed by atoms with van der Waals surface area (Å²) in [5, 5.41) is 0. The number of hydrogen-bond donors (Lipinski definition) is 0. The lowest BCUT2D eigenvalue weighted by Crippen LogP contribution is -2.30. The summed E-state index contributed by atoms with van der Waals surface area (Å²) in [7, 11) is 0. The van der Waals surface area contributed by atoms with Gasteiger partial charge in [-0.2, -0.15) is 0 Å². The van der Waals surface area contributed by atoms with Crippen LogP contribution >= 0.6 is 0 Å². The maximum absolute atomic E-state index is 12.9. The normalized spacial score (nSPS) is 11.9. The summed E-state index contributed by atoms with van der Waals surface area (Å²) in [5.41, 5.74) is 0. The summed E-state index contributed by atoms with van der Waals surface area (Å²) in [6.07, 6.45) is 84.6. The van der Waals surface area contributed by atoms with Crippen molar-refractivity contribution in [2.75, 3.05) is 13.2 Å². The lowest BCUT2D eigenvalue weighted by molar-refractivity contribution is -0.167. The largest absolute Gasteiger partial charge is 0.462 e. The Bertz CT molecular complexity index is 1220. The van der Waals surface area contributed by atoms with Gasteiger partial charge in [-0.3, -0.25) is 14.4 Å². The number of ether oxygens (including phenoxy) is 3. The first kappa shape index (κ1) is 79.4. The Kier molecular flexibility index (Phi) is 69.5. The van der Waals surface area contributed by atoms with Gasteiger partial charge in [0.2, 0.25) is 0 Å². The van der Waals surface area contributed by atoms with E-state index in [4.69, 9.17) is 14.2 Å². The molecule has 0 aromatic rings. The molecule has 1 unspecified atom stereocenters. The van der Waals surface area contributed by atoms with Crippen LogP contribution in [0.25, 0.3) is 0 Å². The zero-order valence-electron chi connectivity index (χ0n) is 55.6. The molecule has 0 amide bonds. The van der Waals surface area contributed by atoms with Crippen molar-refractivity contribution in [3.63, 3.8) is 0 Å². The van der Waals surface area contributed by atoms with Crippen molar-refractivity contribution in [2.24, 2.45) is 0 Å². The monoisotopic (exact) mass is 1140 g/mol. The average Bonchev–Trinajstić information content (AvgIpc) is 3.47. The van der Waals surface area contributed by atoms with E-state index in [-0.39, 0.29) is 31.1 Å². The van der Waals surface area contributed by atoms with Crippen molar-refractivity contribution in [3.05, 3.63) is 0 Å². The lowest BCUT2D eigenvalue weighted by atomic mass is 10.0. The average molecular weight is 1140 g/mol. The van der Waals surface area contributed by atoms with Crippen molar-refractivity contribution in [3.8, 4) is 0 Å². The van der Waals surface area contributed by atoms with E-state index in [0.29, 0.717) is 19.3 Å². The number of unbranched alkanes of at least 4 members (excludes halogenated alkanes) is 60. The summed E-state index contributed by atoms with van der Waals surface area (Å²) < 4.78 is 17.0. The number of hydrogen-bond acceptors (Lipinski definition) is 6. The Morgan fingerprint density at radius 3 is 0.494 bits per heavy atom. The molecular weight excluding hydrogens is 997 g/mol. The van der Waals surface area contributed by atoms with Crippen LogP contribution < -0.4 is 0 Å². The molecule has 0 bridgehead atoms. The van der Waals surface area contributed by atoms with Gasteiger partial charge >= 0.3 is 17.9 Å². The summed E-state index contributed by atoms with van der Waals surface area (Å²) in [5.74, 6) is -0.823. The Labute approximate surface area is 508 Å². The molecular formula is C75H146O6. The number of carbonyl (C=O) groups excluding carboxylic acids is 3. The molecule has 0 spiro atoms. The molecule has 0 radical (unpaired) electrons. The van der Waals surface area contributed by atoms with Gasteiger partial charge < -0.3 is 14.2 Å². The molecule has 6 heteroatoms. The first-order valence-electron chi connectivity index (χ1n) is 37.5. The molecule has 6 nitrogen and oxygen atoms in total.